The number of ether oxygens (including phenoxy) is 1. The van der Waals surface area contributed by atoms with Crippen molar-refractivity contribution < 1.29 is 19.4 Å². The molecule has 1 unspecified atom stereocenters. The highest BCUT2D eigenvalue weighted by Crippen LogP contribution is 2.25. The molecule has 0 radical (unpaired) electrons. The number of hydrogen-bond donors (Lipinski definition) is 3. The third-order valence-corrected chi connectivity index (χ3v) is 4.37. The molecule has 3 aromatic rings. The van der Waals surface area contributed by atoms with Crippen molar-refractivity contribution in [3.8, 4) is 5.75 Å². The van der Waals surface area contributed by atoms with Gasteiger partial charge in [0.2, 0.25) is 0 Å². The van der Waals surface area contributed by atoms with Crippen LogP contribution in [0.3, 0.4) is 0 Å². The number of amides is 2. The lowest BCUT2D eigenvalue weighted by Crippen LogP contribution is -2.37. The Morgan fingerprint density at radius 1 is 1.11 bits per heavy atom. The maximum atomic E-state index is 12.1. The number of nitrogens with zero attached hydrogens (tertiary/aromatic N) is 1. The monoisotopic (exact) mass is 381 g/mol. The molecule has 1 aromatic heterocycles. The second-order valence-electron chi connectivity index (χ2n) is 6.35. The highest BCUT2D eigenvalue weighted by Gasteiger charge is 2.18. The van der Waals surface area contributed by atoms with Gasteiger partial charge >= 0.3 is 11.8 Å². The van der Waals surface area contributed by atoms with Crippen LogP contribution in [0.5, 0.6) is 5.75 Å². The smallest absolute Gasteiger partial charge is 0.313 e. The van der Waals surface area contributed by atoms with E-state index in [-0.39, 0.29) is 6.54 Å². The topological polar surface area (TPSA) is 92.6 Å². The van der Waals surface area contributed by atoms with E-state index < -0.39 is 17.9 Å². The number of aryl methyl sites for hydroxylation is 1. The van der Waals surface area contributed by atoms with Crippen LogP contribution in [-0.4, -0.2) is 34.6 Å². The standard InChI is InChI=1S/C21H23N3O4/c1-3-28-15-10-8-14(9-11-15)23-21(27)20(26)22-12-19(25)17-13-24(2)18-7-5-4-6-16(17)18/h4-11,13,19,25H,3,12H2,1-2H3,(H,22,26)(H,23,27). The lowest BCUT2D eigenvalue weighted by molar-refractivity contribution is -0.136. The summed E-state index contributed by atoms with van der Waals surface area (Å²) in [5, 5.41) is 16.4. The number of fused-ring (bicyclic) bond motifs is 1. The summed E-state index contributed by atoms with van der Waals surface area (Å²) in [5.74, 6) is -0.925. The first-order chi connectivity index (χ1) is 13.5. The number of aliphatic hydroxyl groups is 1. The van der Waals surface area contributed by atoms with Crippen molar-refractivity contribution in [1.82, 2.24) is 9.88 Å². The zero-order chi connectivity index (χ0) is 20.1. The second kappa shape index (κ2) is 8.58. The van der Waals surface area contributed by atoms with Crippen LogP contribution in [-0.2, 0) is 16.6 Å². The van der Waals surface area contributed by atoms with Crippen LogP contribution >= 0.6 is 0 Å². The number of benzene rings is 2. The number of carbonyl (C=O) groups is 2. The predicted octanol–water partition coefficient (Wildman–Crippen LogP) is 2.37. The number of aliphatic hydroxyl groups excluding tert-OH is 1. The van der Waals surface area contributed by atoms with Crippen molar-refractivity contribution in [2.24, 2.45) is 7.05 Å². The molecule has 1 atom stereocenters. The number of rotatable bonds is 6. The van der Waals surface area contributed by atoms with Crippen LogP contribution in [0.4, 0.5) is 5.69 Å². The summed E-state index contributed by atoms with van der Waals surface area (Å²) in [6.45, 7) is 2.36. The van der Waals surface area contributed by atoms with Crippen LogP contribution in [0.25, 0.3) is 10.9 Å². The molecule has 7 heteroatoms. The van der Waals surface area contributed by atoms with E-state index in [1.165, 1.54) is 0 Å². The Hall–Kier alpha value is -3.32. The fourth-order valence-electron chi connectivity index (χ4n) is 3.01. The molecule has 0 aliphatic carbocycles. The van der Waals surface area contributed by atoms with Gasteiger partial charge in [-0.1, -0.05) is 18.2 Å². The van der Waals surface area contributed by atoms with Gasteiger partial charge < -0.3 is 25.0 Å². The van der Waals surface area contributed by atoms with Crippen LogP contribution in [0, 0.1) is 0 Å². The average molecular weight is 381 g/mol. The lowest BCUT2D eigenvalue weighted by Gasteiger charge is -2.12. The van der Waals surface area contributed by atoms with Crippen LogP contribution < -0.4 is 15.4 Å². The molecule has 0 saturated carbocycles. The lowest BCUT2D eigenvalue weighted by atomic mass is 10.1. The normalized spacial score (nSPS) is 11.8. The number of anilines is 1. The number of aromatic nitrogens is 1. The minimum absolute atomic E-state index is 0.0659. The Bertz CT molecular complexity index is 979. The first-order valence-electron chi connectivity index (χ1n) is 9.03. The van der Waals surface area contributed by atoms with E-state index >= 15 is 0 Å². The van der Waals surface area contributed by atoms with Crippen molar-refractivity contribution in [2.45, 2.75) is 13.0 Å². The number of hydrogen-bond acceptors (Lipinski definition) is 4. The van der Waals surface area contributed by atoms with Gasteiger partial charge in [0.1, 0.15) is 5.75 Å². The Kier molecular flexibility index (Phi) is 5.96. The zero-order valence-electron chi connectivity index (χ0n) is 15.8. The maximum Gasteiger partial charge on any atom is 0.313 e. The molecule has 0 aliphatic heterocycles. The molecule has 2 aromatic carbocycles. The molecule has 0 saturated heterocycles. The van der Waals surface area contributed by atoms with E-state index in [4.69, 9.17) is 4.74 Å². The molecule has 2 amide bonds. The highest BCUT2D eigenvalue weighted by molar-refractivity contribution is 6.39. The molecule has 28 heavy (non-hydrogen) atoms. The Labute approximate surface area is 162 Å². The molecule has 0 bridgehead atoms. The number of carbonyl (C=O) groups excluding carboxylic acids is 2. The zero-order valence-corrected chi connectivity index (χ0v) is 15.8. The molecule has 7 nitrogen and oxygen atoms in total. The van der Waals surface area contributed by atoms with Gasteiger partial charge in [-0.2, -0.15) is 0 Å². The van der Waals surface area contributed by atoms with Gasteiger partial charge in [0.05, 0.1) is 12.7 Å². The summed E-state index contributed by atoms with van der Waals surface area (Å²) < 4.78 is 7.24. The van der Waals surface area contributed by atoms with Crippen molar-refractivity contribution >= 4 is 28.4 Å². The van der Waals surface area contributed by atoms with Crippen molar-refractivity contribution in [1.29, 1.82) is 0 Å². The Balaban J connectivity index is 1.57. The van der Waals surface area contributed by atoms with Crippen molar-refractivity contribution in [3.05, 3.63) is 60.3 Å². The van der Waals surface area contributed by atoms with E-state index in [1.807, 2.05) is 49.0 Å². The summed E-state index contributed by atoms with van der Waals surface area (Å²) in [7, 11) is 1.89. The van der Waals surface area contributed by atoms with Crippen LogP contribution in [0.1, 0.15) is 18.6 Å². The van der Waals surface area contributed by atoms with Gasteiger partial charge in [-0.15, -0.1) is 0 Å². The van der Waals surface area contributed by atoms with Crippen LogP contribution in [0.15, 0.2) is 54.7 Å². The molecule has 1 heterocycles. The predicted molar refractivity (Wildman–Crippen MR) is 107 cm³/mol. The van der Waals surface area contributed by atoms with Gasteiger partial charge in [-0.25, -0.2) is 0 Å². The van der Waals surface area contributed by atoms with E-state index in [2.05, 4.69) is 10.6 Å². The van der Waals surface area contributed by atoms with E-state index in [0.29, 0.717) is 23.6 Å². The third-order valence-electron chi connectivity index (χ3n) is 4.37. The Morgan fingerprint density at radius 2 is 1.82 bits per heavy atom. The van der Waals surface area contributed by atoms with Crippen molar-refractivity contribution in [3.63, 3.8) is 0 Å². The second-order valence-corrected chi connectivity index (χ2v) is 6.35. The summed E-state index contributed by atoms with van der Waals surface area (Å²) in [4.78, 5) is 24.1. The molecular formula is C21H23N3O4. The summed E-state index contributed by atoms with van der Waals surface area (Å²) in [5.41, 5.74) is 2.17. The molecule has 0 aliphatic rings. The molecule has 146 valence electrons. The summed E-state index contributed by atoms with van der Waals surface area (Å²) in [6, 6.07) is 14.4. The van der Waals surface area contributed by atoms with Gasteiger partial charge in [0.15, 0.2) is 0 Å². The number of para-hydroxylation sites is 1. The SMILES string of the molecule is CCOc1ccc(NC(=O)C(=O)NCC(O)c2cn(C)c3ccccc23)cc1. The fourth-order valence-corrected chi connectivity index (χ4v) is 3.01. The molecule has 0 spiro atoms. The third kappa shape index (κ3) is 4.32. The van der Waals surface area contributed by atoms with Gasteiger partial charge in [0.25, 0.3) is 0 Å². The minimum Gasteiger partial charge on any atom is -0.494 e. The quantitative estimate of drug-likeness (QED) is 0.572. The maximum absolute atomic E-state index is 12.1. The number of nitrogens with one attached hydrogen (secondary N) is 2. The largest absolute Gasteiger partial charge is 0.494 e. The summed E-state index contributed by atoms with van der Waals surface area (Å²) >= 11 is 0. The molecular weight excluding hydrogens is 358 g/mol. The van der Waals surface area contributed by atoms with Gasteiger partial charge in [-0.3, -0.25) is 9.59 Å². The van der Waals surface area contributed by atoms with Crippen molar-refractivity contribution in [2.75, 3.05) is 18.5 Å². The minimum atomic E-state index is -0.923. The van der Waals surface area contributed by atoms with E-state index in [0.717, 1.165) is 10.9 Å². The molecule has 0 fully saturated rings. The molecule has 3 N–H and O–H groups in total. The first-order valence-corrected chi connectivity index (χ1v) is 9.03. The van der Waals surface area contributed by atoms with Gasteiger partial charge in [0, 0.05) is 41.9 Å². The van der Waals surface area contributed by atoms with E-state index in [1.54, 1.807) is 24.3 Å². The summed E-state index contributed by atoms with van der Waals surface area (Å²) in [6.07, 6.45) is 0.898. The van der Waals surface area contributed by atoms with Crippen LogP contribution in [0.2, 0.25) is 0 Å². The molecule has 3 rings (SSSR count). The highest BCUT2D eigenvalue weighted by atomic mass is 16.5. The average Bonchev–Trinajstić information content (AvgIpc) is 3.04. The Morgan fingerprint density at radius 3 is 2.54 bits per heavy atom. The fraction of sp³-hybridized carbons (Fsp3) is 0.238. The first kappa shape index (κ1) is 19.4. The van der Waals surface area contributed by atoms with Gasteiger partial charge in [-0.05, 0) is 37.3 Å². The van der Waals surface area contributed by atoms with E-state index in [9.17, 15) is 14.7 Å².